The van der Waals surface area contributed by atoms with Gasteiger partial charge in [-0.2, -0.15) is 0 Å². The summed E-state index contributed by atoms with van der Waals surface area (Å²) in [6.45, 7) is 0.707. The van der Waals surface area contributed by atoms with Crippen molar-refractivity contribution in [2.75, 3.05) is 18.7 Å². The van der Waals surface area contributed by atoms with Crippen molar-refractivity contribution in [2.45, 2.75) is 11.4 Å². The summed E-state index contributed by atoms with van der Waals surface area (Å²) < 4.78 is 7.44. The SMILES string of the molecule is COc1c(Br)cc(Br)cc1CNc1ccccc1SC. The van der Waals surface area contributed by atoms with Gasteiger partial charge in [0.1, 0.15) is 5.75 Å². The molecule has 0 aromatic heterocycles. The van der Waals surface area contributed by atoms with Gasteiger partial charge in [-0.15, -0.1) is 11.8 Å². The molecule has 2 aromatic carbocycles. The maximum atomic E-state index is 5.46. The van der Waals surface area contributed by atoms with Crippen molar-refractivity contribution in [1.29, 1.82) is 0 Å². The standard InChI is InChI=1S/C15H15Br2NOS/c1-19-15-10(7-11(16)8-12(15)17)9-18-13-5-3-4-6-14(13)20-2/h3-8,18H,9H2,1-2H3. The van der Waals surface area contributed by atoms with Gasteiger partial charge >= 0.3 is 0 Å². The molecule has 0 spiro atoms. The number of benzene rings is 2. The lowest BCUT2D eigenvalue weighted by Gasteiger charge is -2.14. The van der Waals surface area contributed by atoms with Crippen molar-refractivity contribution in [3.63, 3.8) is 0 Å². The maximum absolute atomic E-state index is 5.46. The first-order valence-electron chi connectivity index (χ1n) is 6.04. The average Bonchev–Trinajstić information content (AvgIpc) is 2.45. The van der Waals surface area contributed by atoms with Crippen molar-refractivity contribution in [2.24, 2.45) is 0 Å². The molecule has 2 nitrogen and oxygen atoms in total. The Morgan fingerprint density at radius 1 is 1.20 bits per heavy atom. The molecule has 2 rings (SSSR count). The Kier molecular flexibility index (Phi) is 5.81. The highest BCUT2D eigenvalue weighted by Gasteiger charge is 2.09. The smallest absolute Gasteiger partial charge is 0.138 e. The van der Waals surface area contributed by atoms with E-state index in [1.165, 1.54) is 4.90 Å². The minimum absolute atomic E-state index is 0.707. The molecule has 0 fully saturated rings. The van der Waals surface area contributed by atoms with Gasteiger partial charge < -0.3 is 10.1 Å². The lowest BCUT2D eigenvalue weighted by atomic mass is 10.2. The summed E-state index contributed by atoms with van der Waals surface area (Å²) in [5.74, 6) is 0.863. The number of para-hydroxylation sites is 1. The molecular formula is C15H15Br2NOS. The number of halogens is 2. The van der Waals surface area contributed by atoms with Crippen LogP contribution in [0.4, 0.5) is 5.69 Å². The second-order valence-electron chi connectivity index (χ2n) is 4.13. The van der Waals surface area contributed by atoms with Crippen LogP contribution < -0.4 is 10.1 Å². The van der Waals surface area contributed by atoms with E-state index in [0.717, 1.165) is 25.9 Å². The molecule has 2 aromatic rings. The zero-order valence-electron chi connectivity index (χ0n) is 11.2. The zero-order chi connectivity index (χ0) is 14.5. The van der Waals surface area contributed by atoms with Crippen LogP contribution >= 0.6 is 43.6 Å². The van der Waals surface area contributed by atoms with Crippen LogP contribution in [0.2, 0.25) is 0 Å². The molecule has 0 aliphatic rings. The summed E-state index contributed by atoms with van der Waals surface area (Å²) in [5.41, 5.74) is 2.24. The quantitative estimate of drug-likeness (QED) is 0.645. The Morgan fingerprint density at radius 2 is 1.95 bits per heavy atom. The Labute approximate surface area is 140 Å². The molecule has 0 radical (unpaired) electrons. The van der Waals surface area contributed by atoms with Gasteiger partial charge in [0.05, 0.1) is 11.6 Å². The number of hydrogen-bond donors (Lipinski definition) is 1. The molecule has 1 N–H and O–H groups in total. The third-order valence-electron chi connectivity index (χ3n) is 2.87. The predicted molar refractivity (Wildman–Crippen MR) is 93.9 cm³/mol. The highest BCUT2D eigenvalue weighted by Crippen LogP contribution is 2.33. The molecular weight excluding hydrogens is 402 g/mol. The van der Waals surface area contributed by atoms with Gasteiger partial charge in [0.15, 0.2) is 0 Å². The molecule has 0 atom stereocenters. The lowest BCUT2D eigenvalue weighted by molar-refractivity contribution is 0.407. The molecule has 106 valence electrons. The number of methoxy groups -OCH3 is 1. The van der Waals surface area contributed by atoms with E-state index in [-0.39, 0.29) is 0 Å². The van der Waals surface area contributed by atoms with Crippen LogP contribution in [0.15, 0.2) is 50.2 Å². The third kappa shape index (κ3) is 3.71. The molecule has 0 aliphatic heterocycles. The van der Waals surface area contributed by atoms with E-state index in [2.05, 4.69) is 61.6 Å². The average molecular weight is 417 g/mol. The molecule has 0 saturated heterocycles. The van der Waals surface area contributed by atoms with E-state index in [4.69, 9.17) is 4.74 Å². The fraction of sp³-hybridized carbons (Fsp3) is 0.200. The monoisotopic (exact) mass is 415 g/mol. The predicted octanol–water partition coefficient (Wildman–Crippen LogP) is 5.55. The van der Waals surface area contributed by atoms with Gasteiger partial charge in [-0.3, -0.25) is 0 Å². The van der Waals surface area contributed by atoms with Gasteiger partial charge in [0.25, 0.3) is 0 Å². The second-order valence-corrected chi connectivity index (χ2v) is 6.75. The minimum atomic E-state index is 0.707. The molecule has 0 bridgehead atoms. The Morgan fingerprint density at radius 3 is 2.65 bits per heavy atom. The first-order chi connectivity index (χ1) is 9.65. The number of ether oxygens (including phenoxy) is 1. The molecule has 0 unspecified atom stereocenters. The van der Waals surface area contributed by atoms with Crippen LogP contribution in [0.3, 0.4) is 0 Å². The Hall–Kier alpha value is -0.650. The van der Waals surface area contributed by atoms with Gasteiger partial charge in [-0.05, 0) is 46.5 Å². The maximum Gasteiger partial charge on any atom is 0.138 e. The van der Waals surface area contributed by atoms with Gasteiger partial charge in [-0.1, -0.05) is 28.1 Å². The number of nitrogens with one attached hydrogen (secondary N) is 1. The van der Waals surface area contributed by atoms with Gasteiger partial charge in [0.2, 0.25) is 0 Å². The summed E-state index contributed by atoms with van der Waals surface area (Å²) in [6, 6.07) is 12.3. The van der Waals surface area contributed by atoms with E-state index in [9.17, 15) is 0 Å². The number of hydrogen-bond acceptors (Lipinski definition) is 3. The second kappa shape index (κ2) is 7.38. The molecule has 0 aliphatic carbocycles. The summed E-state index contributed by atoms with van der Waals surface area (Å²) in [5, 5.41) is 3.47. The lowest BCUT2D eigenvalue weighted by Crippen LogP contribution is -2.03. The third-order valence-corrected chi connectivity index (χ3v) is 4.71. The van der Waals surface area contributed by atoms with E-state index in [1.807, 2.05) is 18.2 Å². The Bertz CT molecular complexity index is 604. The first-order valence-corrected chi connectivity index (χ1v) is 8.85. The van der Waals surface area contributed by atoms with Crippen LogP contribution in [0.1, 0.15) is 5.56 Å². The van der Waals surface area contributed by atoms with Crippen LogP contribution in [-0.4, -0.2) is 13.4 Å². The van der Waals surface area contributed by atoms with E-state index in [0.29, 0.717) is 6.54 Å². The van der Waals surface area contributed by atoms with E-state index in [1.54, 1.807) is 18.9 Å². The van der Waals surface area contributed by atoms with Crippen molar-refractivity contribution >= 4 is 49.3 Å². The molecule has 20 heavy (non-hydrogen) atoms. The van der Waals surface area contributed by atoms with Gasteiger partial charge in [-0.25, -0.2) is 0 Å². The summed E-state index contributed by atoms with van der Waals surface area (Å²) in [6.07, 6.45) is 2.08. The Balaban J connectivity index is 2.22. The van der Waals surface area contributed by atoms with Crippen molar-refractivity contribution in [1.82, 2.24) is 0 Å². The molecule has 0 amide bonds. The zero-order valence-corrected chi connectivity index (χ0v) is 15.2. The summed E-state index contributed by atoms with van der Waals surface area (Å²) in [7, 11) is 1.69. The number of thioether (sulfide) groups is 1. The van der Waals surface area contributed by atoms with Crippen molar-refractivity contribution in [3.05, 3.63) is 50.9 Å². The number of anilines is 1. The molecule has 0 saturated carbocycles. The topological polar surface area (TPSA) is 21.3 Å². The van der Waals surface area contributed by atoms with Crippen LogP contribution in [0, 0.1) is 0 Å². The summed E-state index contributed by atoms with van der Waals surface area (Å²) in [4.78, 5) is 1.24. The largest absolute Gasteiger partial charge is 0.495 e. The van der Waals surface area contributed by atoms with Crippen molar-refractivity contribution in [3.8, 4) is 5.75 Å². The van der Waals surface area contributed by atoms with Crippen LogP contribution in [0.25, 0.3) is 0 Å². The minimum Gasteiger partial charge on any atom is -0.495 e. The van der Waals surface area contributed by atoms with E-state index >= 15 is 0 Å². The molecule has 0 heterocycles. The fourth-order valence-corrected chi connectivity index (χ4v) is 4.01. The highest BCUT2D eigenvalue weighted by atomic mass is 79.9. The van der Waals surface area contributed by atoms with Crippen molar-refractivity contribution < 1.29 is 4.74 Å². The van der Waals surface area contributed by atoms with E-state index < -0.39 is 0 Å². The highest BCUT2D eigenvalue weighted by molar-refractivity contribution is 9.11. The van der Waals surface area contributed by atoms with Gasteiger partial charge in [0, 0.05) is 27.2 Å². The first kappa shape index (κ1) is 15.7. The normalized spacial score (nSPS) is 10.4. The van der Waals surface area contributed by atoms with Crippen LogP contribution in [0.5, 0.6) is 5.75 Å². The summed E-state index contributed by atoms with van der Waals surface area (Å²) >= 11 is 8.77. The number of rotatable bonds is 5. The van der Waals surface area contributed by atoms with Crippen LogP contribution in [-0.2, 0) is 6.54 Å². The molecule has 5 heteroatoms. The fourth-order valence-electron chi connectivity index (χ4n) is 1.95.